The Hall–Kier alpha value is -0.720. The first-order chi connectivity index (χ1) is 7.22. The van der Waals surface area contributed by atoms with Gasteiger partial charge in [0.2, 0.25) is 0 Å². The molecule has 0 unspecified atom stereocenters. The molecule has 0 spiro atoms. The minimum Gasteiger partial charge on any atom is -0.370 e. The summed E-state index contributed by atoms with van der Waals surface area (Å²) in [5.74, 6) is 0. The summed E-state index contributed by atoms with van der Waals surface area (Å²) < 4.78 is 0.781. The smallest absolute Gasteiger partial charge is 0.101 e. The van der Waals surface area contributed by atoms with Gasteiger partial charge < -0.3 is 4.90 Å². The number of hydrogen-bond acceptors (Lipinski definition) is 2. The predicted octanol–water partition coefficient (Wildman–Crippen LogP) is 3.57. The Bertz CT molecular complexity index is 419. The molecule has 0 amide bonds. The van der Waals surface area contributed by atoms with E-state index in [0.29, 0.717) is 10.6 Å². The zero-order valence-corrected chi connectivity index (χ0v) is 10.5. The third-order valence-corrected chi connectivity index (χ3v) is 3.80. The summed E-state index contributed by atoms with van der Waals surface area (Å²) in [6.07, 6.45) is 2.39. The molecule has 2 nitrogen and oxygen atoms in total. The third-order valence-electron chi connectivity index (χ3n) is 2.61. The molecule has 0 saturated carbocycles. The maximum Gasteiger partial charge on any atom is 0.101 e. The monoisotopic (exact) mass is 284 g/mol. The van der Waals surface area contributed by atoms with Crippen LogP contribution < -0.4 is 4.90 Å². The first kappa shape index (κ1) is 10.8. The highest BCUT2D eigenvalue weighted by Gasteiger charge is 2.17. The summed E-state index contributed by atoms with van der Waals surface area (Å²) in [6.45, 7) is 2.04. The van der Waals surface area contributed by atoms with E-state index < -0.39 is 0 Å². The van der Waals surface area contributed by atoms with Gasteiger partial charge in [0.05, 0.1) is 16.3 Å². The first-order valence-electron chi connectivity index (χ1n) is 4.86. The van der Waals surface area contributed by atoms with Crippen molar-refractivity contribution < 1.29 is 0 Å². The van der Waals surface area contributed by atoms with Crippen molar-refractivity contribution in [2.24, 2.45) is 0 Å². The largest absolute Gasteiger partial charge is 0.370 e. The molecule has 2 rings (SSSR count). The topological polar surface area (TPSA) is 27.0 Å². The zero-order chi connectivity index (χ0) is 10.8. The van der Waals surface area contributed by atoms with Crippen LogP contribution in [0, 0.1) is 11.3 Å². The van der Waals surface area contributed by atoms with E-state index in [2.05, 4.69) is 26.9 Å². The number of hydrogen-bond donors (Lipinski definition) is 0. The third kappa shape index (κ3) is 2.11. The lowest BCUT2D eigenvalue weighted by Crippen LogP contribution is -2.18. The molecule has 0 aromatic heterocycles. The first-order valence-corrected chi connectivity index (χ1v) is 6.03. The van der Waals surface area contributed by atoms with Crippen molar-refractivity contribution in [1.29, 1.82) is 5.26 Å². The Morgan fingerprint density at radius 3 is 2.60 bits per heavy atom. The van der Waals surface area contributed by atoms with Crippen molar-refractivity contribution in [3.05, 3.63) is 27.2 Å². The molecular weight excluding hydrogens is 275 g/mol. The molecule has 0 N–H and O–H groups in total. The molecule has 1 aliphatic rings. The van der Waals surface area contributed by atoms with Crippen molar-refractivity contribution >= 4 is 33.2 Å². The molecule has 0 atom stereocenters. The van der Waals surface area contributed by atoms with E-state index in [1.807, 2.05) is 6.07 Å². The van der Waals surface area contributed by atoms with Gasteiger partial charge in [0.25, 0.3) is 0 Å². The van der Waals surface area contributed by atoms with E-state index in [-0.39, 0.29) is 0 Å². The van der Waals surface area contributed by atoms with Gasteiger partial charge in [-0.1, -0.05) is 11.6 Å². The highest BCUT2D eigenvalue weighted by Crippen LogP contribution is 2.32. The van der Waals surface area contributed by atoms with E-state index >= 15 is 0 Å². The summed E-state index contributed by atoms with van der Waals surface area (Å²) in [5.41, 5.74) is 1.65. The standard InChI is InChI=1S/C11H10BrClN2/c12-9-5-8(7-14)11(6-10(9)13)15-3-1-2-4-15/h5-6H,1-4H2. The summed E-state index contributed by atoms with van der Waals surface area (Å²) in [6, 6.07) is 5.87. The number of anilines is 1. The number of nitrogens with zero attached hydrogens (tertiary/aromatic N) is 2. The molecule has 4 heteroatoms. The molecule has 1 aromatic rings. The predicted molar refractivity (Wildman–Crippen MR) is 65.3 cm³/mol. The molecule has 0 aliphatic carbocycles. The van der Waals surface area contributed by atoms with Crippen LogP contribution in [0.1, 0.15) is 18.4 Å². The van der Waals surface area contributed by atoms with Crippen LogP contribution in [0.3, 0.4) is 0 Å². The molecule has 0 radical (unpaired) electrons. The minimum absolute atomic E-state index is 0.663. The number of nitriles is 1. The van der Waals surface area contributed by atoms with Crippen molar-refractivity contribution in [1.82, 2.24) is 0 Å². The lowest BCUT2D eigenvalue weighted by molar-refractivity contribution is 0.949. The van der Waals surface area contributed by atoms with E-state index in [9.17, 15) is 0 Å². The van der Waals surface area contributed by atoms with Gasteiger partial charge in [-0.3, -0.25) is 0 Å². The lowest BCUT2D eigenvalue weighted by atomic mass is 10.2. The fourth-order valence-corrected chi connectivity index (χ4v) is 2.35. The number of halogens is 2. The molecule has 1 aromatic carbocycles. The molecule has 78 valence electrons. The van der Waals surface area contributed by atoms with Gasteiger partial charge in [-0.05, 0) is 40.9 Å². The average Bonchev–Trinajstić information content (AvgIpc) is 2.74. The molecule has 0 bridgehead atoms. The van der Waals surface area contributed by atoms with Crippen LogP contribution in [0.4, 0.5) is 5.69 Å². The fraction of sp³-hybridized carbons (Fsp3) is 0.364. The summed E-state index contributed by atoms with van der Waals surface area (Å²) >= 11 is 9.37. The van der Waals surface area contributed by atoms with Crippen LogP contribution in [0.5, 0.6) is 0 Å². The molecule has 1 aliphatic heterocycles. The van der Waals surface area contributed by atoms with E-state index in [1.54, 1.807) is 6.07 Å². The van der Waals surface area contributed by atoms with Crippen LogP contribution in [-0.4, -0.2) is 13.1 Å². The van der Waals surface area contributed by atoms with Crippen molar-refractivity contribution in [2.75, 3.05) is 18.0 Å². The van der Waals surface area contributed by atoms with Gasteiger partial charge in [0, 0.05) is 17.6 Å². The molecule has 15 heavy (non-hydrogen) atoms. The molecule has 1 fully saturated rings. The molecular formula is C11H10BrClN2. The SMILES string of the molecule is N#Cc1cc(Br)c(Cl)cc1N1CCCC1. The Balaban J connectivity index is 2.45. The lowest BCUT2D eigenvalue weighted by Gasteiger charge is -2.19. The van der Waals surface area contributed by atoms with E-state index in [1.165, 1.54) is 12.8 Å². The van der Waals surface area contributed by atoms with Gasteiger partial charge in [0.1, 0.15) is 6.07 Å². The Morgan fingerprint density at radius 2 is 2.00 bits per heavy atom. The second-order valence-electron chi connectivity index (χ2n) is 3.59. The van der Waals surface area contributed by atoms with Crippen LogP contribution in [0.25, 0.3) is 0 Å². The van der Waals surface area contributed by atoms with Crippen molar-refractivity contribution in [2.45, 2.75) is 12.8 Å². The average molecular weight is 286 g/mol. The Kier molecular flexibility index (Phi) is 3.18. The van der Waals surface area contributed by atoms with Crippen LogP contribution in [0.15, 0.2) is 16.6 Å². The second-order valence-corrected chi connectivity index (χ2v) is 4.85. The highest BCUT2D eigenvalue weighted by atomic mass is 79.9. The molecule has 1 heterocycles. The van der Waals surface area contributed by atoms with E-state index in [0.717, 1.165) is 23.2 Å². The second kappa shape index (κ2) is 4.42. The quantitative estimate of drug-likeness (QED) is 0.788. The Morgan fingerprint density at radius 1 is 1.33 bits per heavy atom. The van der Waals surface area contributed by atoms with Gasteiger partial charge in [-0.25, -0.2) is 0 Å². The van der Waals surface area contributed by atoms with Crippen molar-refractivity contribution in [3.63, 3.8) is 0 Å². The maximum atomic E-state index is 9.05. The zero-order valence-electron chi connectivity index (χ0n) is 8.13. The number of rotatable bonds is 1. The minimum atomic E-state index is 0.663. The van der Waals surface area contributed by atoms with Crippen LogP contribution in [-0.2, 0) is 0 Å². The maximum absolute atomic E-state index is 9.05. The summed E-state index contributed by atoms with van der Waals surface area (Å²) in [4.78, 5) is 2.22. The highest BCUT2D eigenvalue weighted by molar-refractivity contribution is 9.10. The van der Waals surface area contributed by atoms with Crippen LogP contribution in [0.2, 0.25) is 5.02 Å². The van der Waals surface area contributed by atoms with E-state index in [4.69, 9.17) is 16.9 Å². The fourth-order valence-electron chi connectivity index (χ4n) is 1.85. The van der Waals surface area contributed by atoms with Gasteiger partial charge in [0.15, 0.2) is 0 Å². The van der Waals surface area contributed by atoms with Crippen LogP contribution >= 0.6 is 27.5 Å². The van der Waals surface area contributed by atoms with Gasteiger partial charge in [-0.15, -0.1) is 0 Å². The Labute approximate surface area is 103 Å². The van der Waals surface area contributed by atoms with Gasteiger partial charge >= 0.3 is 0 Å². The van der Waals surface area contributed by atoms with Gasteiger partial charge in [-0.2, -0.15) is 5.26 Å². The normalized spacial score (nSPS) is 15.4. The summed E-state index contributed by atoms with van der Waals surface area (Å²) in [7, 11) is 0. The van der Waals surface area contributed by atoms with Crippen molar-refractivity contribution in [3.8, 4) is 6.07 Å². The summed E-state index contributed by atoms with van der Waals surface area (Å²) in [5, 5.41) is 9.72. The number of benzene rings is 1. The molecule has 1 saturated heterocycles.